The molecular weight excluding hydrogens is 251 g/mol. The molecule has 1 aromatic rings. The monoisotopic (exact) mass is 280 g/mol. The van der Waals surface area contributed by atoms with Gasteiger partial charge in [0, 0.05) is 12.6 Å². The number of hydrogen-bond donors (Lipinski definition) is 2. The fourth-order valence-electron chi connectivity index (χ4n) is 2.74. The van der Waals surface area contributed by atoms with Gasteiger partial charge >= 0.3 is 0 Å². The van der Waals surface area contributed by atoms with Crippen LogP contribution in [0.4, 0.5) is 4.39 Å². The van der Waals surface area contributed by atoms with E-state index in [1.807, 2.05) is 12.1 Å². The van der Waals surface area contributed by atoms with Crippen LogP contribution < -0.4 is 11.1 Å². The molecule has 1 atom stereocenters. The van der Waals surface area contributed by atoms with Crippen molar-refractivity contribution < 1.29 is 4.39 Å². The Labute approximate surface area is 123 Å². The van der Waals surface area contributed by atoms with Gasteiger partial charge in [-0.25, -0.2) is 4.39 Å². The van der Waals surface area contributed by atoms with E-state index < -0.39 is 0 Å². The minimum Gasteiger partial charge on any atom is -0.329 e. The summed E-state index contributed by atoms with van der Waals surface area (Å²) in [5.74, 6) is 1.73. The van der Waals surface area contributed by atoms with Gasteiger partial charge in [-0.05, 0) is 48.4 Å². The molecule has 1 unspecified atom stereocenters. The molecule has 0 saturated heterocycles. The summed E-state index contributed by atoms with van der Waals surface area (Å²) >= 11 is 0. The van der Waals surface area contributed by atoms with Crippen LogP contribution >= 0.6 is 0 Å². The average Bonchev–Trinajstić information content (AvgIpc) is 2.37. The Bertz CT molecular complexity index is 407. The van der Waals surface area contributed by atoms with Gasteiger partial charge in [0.05, 0.1) is 0 Å². The van der Waals surface area contributed by atoms with Crippen LogP contribution in [0.15, 0.2) is 18.2 Å². The molecular formula is C17H29FN2. The van der Waals surface area contributed by atoms with E-state index in [1.165, 1.54) is 6.07 Å². The van der Waals surface area contributed by atoms with E-state index in [0.29, 0.717) is 29.9 Å². The molecule has 0 aliphatic heterocycles. The van der Waals surface area contributed by atoms with Crippen molar-refractivity contribution in [3.05, 3.63) is 35.1 Å². The SMILES string of the molecule is Cc1cc(C(CN)NCC(C(C)C)C(C)C)ccc1F. The minimum absolute atomic E-state index is 0.0919. The Morgan fingerprint density at radius 2 is 1.75 bits per heavy atom. The Balaban J connectivity index is 2.74. The third-order valence-electron chi connectivity index (χ3n) is 4.13. The van der Waals surface area contributed by atoms with Gasteiger partial charge in [0.15, 0.2) is 0 Å². The molecule has 0 bridgehead atoms. The van der Waals surface area contributed by atoms with Crippen molar-refractivity contribution in [1.29, 1.82) is 0 Å². The van der Waals surface area contributed by atoms with E-state index in [2.05, 4.69) is 33.0 Å². The second-order valence-electron chi connectivity index (χ2n) is 6.36. The molecule has 0 heterocycles. The maximum Gasteiger partial charge on any atom is 0.126 e. The molecule has 0 spiro atoms. The highest BCUT2D eigenvalue weighted by Crippen LogP contribution is 2.22. The van der Waals surface area contributed by atoms with E-state index in [0.717, 1.165) is 12.1 Å². The van der Waals surface area contributed by atoms with E-state index >= 15 is 0 Å². The molecule has 20 heavy (non-hydrogen) atoms. The molecule has 0 radical (unpaired) electrons. The van der Waals surface area contributed by atoms with Gasteiger partial charge in [-0.1, -0.05) is 39.8 Å². The molecule has 0 saturated carbocycles. The van der Waals surface area contributed by atoms with E-state index in [-0.39, 0.29) is 11.9 Å². The van der Waals surface area contributed by atoms with Crippen LogP contribution in [0.2, 0.25) is 0 Å². The number of halogens is 1. The summed E-state index contributed by atoms with van der Waals surface area (Å²) in [6.07, 6.45) is 0. The molecule has 1 rings (SSSR count). The Kier molecular flexibility index (Phi) is 6.63. The zero-order valence-electron chi connectivity index (χ0n) is 13.4. The van der Waals surface area contributed by atoms with Crippen molar-refractivity contribution in [2.24, 2.45) is 23.5 Å². The third kappa shape index (κ3) is 4.57. The van der Waals surface area contributed by atoms with Gasteiger partial charge in [-0.15, -0.1) is 0 Å². The maximum absolute atomic E-state index is 13.3. The van der Waals surface area contributed by atoms with Crippen molar-refractivity contribution in [3.63, 3.8) is 0 Å². The Hall–Kier alpha value is -0.930. The van der Waals surface area contributed by atoms with Gasteiger partial charge in [0.25, 0.3) is 0 Å². The molecule has 0 aromatic heterocycles. The van der Waals surface area contributed by atoms with Gasteiger partial charge < -0.3 is 11.1 Å². The van der Waals surface area contributed by atoms with Crippen molar-refractivity contribution in [3.8, 4) is 0 Å². The maximum atomic E-state index is 13.3. The number of nitrogens with one attached hydrogen (secondary N) is 1. The van der Waals surface area contributed by atoms with Crippen LogP contribution in [-0.2, 0) is 0 Å². The van der Waals surface area contributed by atoms with Crippen LogP contribution in [0.3, 0.4) is 0 Å². The molecule has 2 nitrogen and oxygen atoms in total. The highest BCUT2D eigenvalue weighted by molar-refractivity contribution is 5.26. The molecule has 0 aliphatic carbocycles. The second kappa shape index (κ2) is 7.75. The summed E-state index contributed by atoms with van der Waals surface area (Å²) in [4.78, 5) is 0. The predicted molar refractivity (Wildman–Crippen MR) is 84.1 cm³/mol. The largest absolute Gasteiger partial charge is 0.329 e. The fraction of sp³-hybridized carbons (Fsp3) is 0.647. The zero-order chi connectivity index (χ0) is 15.3. The zero-order valence-corrected chi connectivity index (χ0v) is 13.4. The first-order valence-corrected chi connectivity index (χ1v) is 7.56. The van der Waals surface area contributed by atoms with Crippen LogP contribution in [0.1, 0.15) is 44.9 Å². The lowest BCUT2D eigenvalue weighted by Gasteiger charge is -2.28. The van der Waals surface area contributed by atoms with Crippen molar-refractivity contribution in [1.82, 2.24) is 5.32 Å². The summed E-state index contributed by atoms with van der Waals surface area (Å²) in [6.45, 7) is 12.3. The smallest absolute Gasteiger partial charge is 0.126 e. The average molecular weight is 280 g/mol. The first-order valence-electron chi connectivity index (χ1n) is 7.56. The number of aryl methyl sites for hydroxylation is 1. The Morgan fingerprint density at radius 1 is 1.15 bits per heavy atom. The summed E-state index contributed by atoms with van der Waals surface area (Å²) in [5.41, 5.74) is 7.62. The van der Waals surface area contributed by atoms with Crippen molar-refractivity contribution in [2.75, 3.05) is 13.1 Å². The van der Waals surface area contributed by atoms with E-state index in [1.54, 1.807) is 6.92 Å². The first-order chi connectivity index (χ1) is 9.36. The number of nitrogens with two attached hydrogens (primary N) is 1. The molecule has 0 amide bonds. The van der Waals surface area contributed by atoms with Crippen LogP contribution in [-0.4, -0.2) is 13.1 Å². The topological polar surface area (TPSA) is 38.0 Å². The number of benzene rings is 1. The van der Waals surface area contributed by atoms with Crippen molar-refractivity contribution >= 4 is 0 Å². The highest BCUT2D eigenvalue weighted by Gasteiger charge is 2.19. The van der Waals surface area contributed by atoms with Crippen LogP contribution in [0.25, 0.3) is 0 Å². The summed E-state index contributed by atoms with van der Waals surface area (Å²) < 4.78 is 13.3. The van der Waals surface area contributed by atoms with Gasteiger partial charge in [-0.2, -0.15) is 0 Å². The number of hydrogen-bond acceptors (Lipinski definition) is 2. The minimum atomic E-state index is -0.160. The molecule has 0 aliphatic rings. The summed E-state index contributed by atoms with van der Waals surface area (Å²) in [6, 6.07) is 5.33. The highest BCUT2D eigenvalue weighted by atomic mass is 19.1. The lowest BCUT2D eigenvalue weighted by atomic mass is 9.85. The molecule has 3 N–H and O–H groups in total. The number of rotatable bonds is 7. The normalized spacial score (nSPS) is 13.5. The standard InChI is InChI=1S/C17H29FN2/c1-11(2)15(12(3)4)10-20-17(9-19)14-6-7-16(18)13(5)8-14/h6-8,11-12,15,17,20H,9-10,19H2,1-5H3. The predicted octanol–water partition coefficient (Wildman–Crippen LogP) is 3.65. The van der Waals surface area contributed by atoms with Crippen molar-refractivity contribution in [2.45, 2.75) is 40.7 Å². The van der Waals surface area contributed by atoms with Crippen LogP contribution in [0.5, 0.6) is 0 Å². The molecule has 0 fully saturated rings. The summed E-state index contributed by atoms with van der Waals surface area (Å²) in [5, 5.41) is 3.55. The molecule has 114 valence electrons. The van der Waals surface area contributed by atoms with E-state index in [4.69, 9.17) is 5.73 Å². The lowest BCUT2D eigenvalue weighted by molar-refractivity contribution is 0.266. The quantitative estimate of drug-likeness (QED) is 0.800. The van der Waals surface area contributed by atoms with Gasteiger partial charge in [-0.3, -0.25) is 0 Å². The van der Waals surface area contributed by atoms with Gasteiger partial charge in [0.2, 0.25) is 0 Å². The molecule has 1 aromatic carbocycles. The summed E-state index contributed by atoms with van der Waals surface area (Å²) in [7, 11) is 0. The fourth-order valence-corrected chi connectivity index (χ4v) is 2.74. The lowest BCUT2D eigenvalue weighted by Crippen LogP contribution is -2.35. The first kappa shape index (κ1) is 17.1. The van der Waals surface area contributed by atoms with E-state index in [9.17, 15) is 4.39 Å². The van der Waals surface area contributed by atoms with Gasteiger partial charge in [0.1, 0.15) is 5.82 Å². The molecule has 3 heteroatoms. The third-order valence-corrected chi connectivity index (χ3v) is 4.13. The Morgan fingerprint density at radius 3 is 2.20 bits per heavy atom. The second-order valence-corrected chi connectivity index (χ2v) is 6.36. The van der Waals surface area contributed by atoms with Crippen LogP contribution in [0, 0.1) is 30.5 Å².